The van der Waals surface area contributed by atoms with Crippen molar-refractivity contribution in [2.24, 2.45) is 5.73 Å². The molecule has 0 spiro atoms. The Balaban J connectivity index is 2.75. The highest BCUT2D eigenvalue weighted by molar-refractivity contribution is 6.18. The first-order chi connectivity index (χ1) is 2.81. The Morgan fingerprint density at radius 3 is 2.33 bits per heavy atom. The maximum Gasteiger partial charge on any atom is 0.0797 e. The highest BCUT2D eigenvalue weighted by Crippen LogP contribution is 1.80. The van der Waals surface area contributed by atoms with Gasteiger partial charge in [0.1, 0.15) is 0 Å². The lowest BCUT2D eigenvalue weighted by Crippen LogP contribution is -2.20. The third-order valence-electron chi connectivity index (χ3n) is 0.450. The van der Waals surface area contributed by atoms with Crippen molar-refractivity contribution in [2.45, 2.75) is 6.10 Å². The van der Waals surface area contributed by atoms with Crippen LogP contribution in [0.3, 0.4) is 0 Å². The van der Waals surface area contributed by atoms with Gasteiger partial charge < -0.3 is 10.8 Å². The predicted molar refractivity (Wildman–Crippen MR) is 25.8 cm³/mol. The second-order valence-electron chi connectivity index (χ2n) is 1.04. The minimum absolute atomic E-state index is 0.233. The predicted octanol–water partition coefficient (Wildman–Crippen LogP) is -0.455. The van der Waals surface area contributed by atoms with Crippen LogP contribution >= 0.6 is 11.6 Å². The van der Waals surface area contributed by atoms with E-state index < -0.39 is 6.10 Å². The van der Waals surface area contributed by atoms with E-state index in [4.69, 9.17) is 22.4 Å². The first kappa shape index (κ1) is 6.21. The molecule has 38 valence electrons. The highest BCUT2D eigenvalue weighted by Gasteiger charge is 1.92. The molecule has 0 aromatic rings. The van der Waals surface area contributed by atoms with Crippen LogP contribution in [0.5, 0.6) is 0 Å². The second kappa shape index (κ2) is 3.40. The van der Waals surface area contributed by atoms with E-state index in [9.17, 15) is 0 Å². The van der Waals surface area contributed by atoms with Crippen molar-refractivity contribution in [1.82, 2.24) is 0 Å². The smallest absolute Gasteiger partial charge is 0.0797 e. The molecular formula is C3H8ClNO. The molecule has 0 aliphatic rings. The van der Waals surface area contributed by atoms with Gasteiger partial charge in [-0.2, -0.15) is 0 Å². The van der Waals surface area contributed by atoms with Gasteiger partial charge in [-0.1, -0.05) is 0 Å². The molecule has 0 radical (unpaired) electrons. The second-order valence-corrected chi connectivity index (χ2v) is 1.35. The lowest BCUT2D eigenvalue weighted by Gasteiger charge is -1.96. The molecule has 6 heavy (non-hydrogen) atoms. The Morgan fingerprint density at radius 1 is 1.83 bits per heavy atom. The van der Waals surface area contributed by atoms with Gasteiger partial charge in [0.2, 0.25) is 0 Å². The van der Waals surface area contributed by atoms with Crippen molar-refractivity contribution in [3.63, 3.8) is 0 Å². The zero-order chi connectivity index (χ0) is 4.99. The minimum Gasteiger partial charge on any atom is -0.391 e. The number of alkyl halides is 1. The Morgan fingerprint density at radius 2 is 2.33 bits per heavy atom. The topological polar surface area (TPSA) is 46.2 Å². The summed E-state index contributed by atoms with van der Waals surface area (Å²) in [6, 6.07) is 0. The number of aliphatic hydroxyl groups is 1. The molecule has 3 heteroatoms. The first-order valence-corrected chi connectivity index (χ1v) is 2.28. The van der Waals surface area contributed by atoms with Crippen LogP contribution in [0, 0.1) is 0 Å². The van der Waals surface area contributed by atoms with Gasteiger partial charge in [0, 0.05) is 12.4 Å². The average molecular weight is 110 g/mol. The third-order valence-corrected chi connectivity index (χ3v) is 0.806. The van der Waals surface area contributed by atoms with Gasteiger partial charge in [-0.3, -0.25) is 0 Å². The number of nitrogens with two attached hydrogens (primary N) is 1. The first-order valence-electron chi connectivity index (χ1n) is 1.75. The molecule has 0 amide bonds. The largest absolute Gasteiger partial charge is 0.391 e. The van der Waals surface area contributed by atoms with Crippen molar-refractivity contribution < 1.29 is 5.11 Å². The van der Waals surface area contributed by atoms with Crippen molar-refractivity contribution >= 4 is 11.6 Å². The van der Waals surface area contributed by atoms with Crippen LogP contribution in [0.25, 0.3) is 0 Å². The van der Waals surface area contributed by atoms with Crippen LogP contribution in [0.2, 0.25) is 0 Å². The molecule has 0 rings (SSSR count). The van der Waals surface area contributed by atoms with Crippen molar-refractivity contribution in [3.05, 3.63) is 0 Å². The lowest BCUT2D eigenvalue weighted by atomic mass is 10.4. The van der Waals surface area contributed by atoms with E-state index in [-0.39, 0.29) is 12.4 Å². The van der Waals surface area contributed by atoms with Crippen LogP contribution in [-0.4, -0.2) is 23.6 Å². The molecule has 0 aliphatic heterocycles. The fourth-order valence-corrected chi connectivity index (χ4v) is 0.189. The molecule has 3 N–H and O–H groups in total. The molecule has 0 saturated heterocycles. The molecule has 0 fully saturated rings. The summed E-state index contributed by atoms with van der Waals surface area (Å²) in [5.74, 6) is 0.233. The van der Waals surface area contributed by atoms with Gasteiger partial charge in [-0.05, 0) is 0 Å². The Bertz CT molecular complexity index is 30.0. The van der Waals surface area contributed by atoms with Crippen LogP contribution in [0.15, 0.2) is 0 Å². The van der Waals surface area contributed by atoms with E-state index >= 15 is 0 Å². The molecular weight excluding hydrogens is 101 g/mol. The number of halogens is 1. The zero-order valence-corrected chi connectivity index (χ0v) is 4.15. The molecule has 0 bridgehead atoms. The van der Waals surface area contributed by atoms with Gasteiger partial charge in [0.15, 0.2) is 0 Å². The summed E-state index contributed by atoms with van der Waals surface area (Å²) in [5, 5.41) is 8.41. The van der Waals surface area contributed by atoms with Gasteiger partial charge in [-0.15, -0.1) is 11.6 Å². The normalized spacial score (nSPS) is 14.5. The van der Waals surface area contributed by atoms with E-state index in [1.165, 1.54) is 0 Å². The third kappa shape index (κ3) is 2.45. The summed E-state index contributed by atoms with van der Waals surface area (Å²) >= 11 is 5.12. The molecule has 1 atom stereocenters. The number of rotatable bonds is 2. The Kier molecular flexibility index (Phi) is 3.52. The minimum atomic E-state index is -0.522. The molecule has 0 aliphatic carbocycles. The van der Waals surface area contributed by atoms with Gasteiger partial charge in [-0.25, -0.2) is 0 Å². The molecule has 0 aromatic heterocycles. The molecule has 2 nitrogen and oxygen atoms in total. The molecule has 0 saturated carbocycles. The van der Waals surface area contributed by atoms with E-state index in [1.807, 2.05) is 0 Å². The number of aliphatic hydroxyl groups excluding tert-OH is 1. The van der Waals surface area contributed by atoms with E-state index in [0.717, 1.165) is 0 Å². The lowest BCUT2D eigenvalue weighted by molar-refractivity contribution is 0.206. The van der Waals surface area contributed by atoms with Crippen molar-refractivity contribution in [2.75, 3.05) is 12.4 Å². The van der Waals surface area contributed by atoms with Crippen LogP contribution in [-0.2, 0) is 0 Å². The summed E-state index contributed by atoms with van der Waals surface area (Å²) in [6.45, 7) is 0.253. The maximum absolute atomic E-state index is 8.41. The number of hydrogen-bond acceptors (Lipinski definition) is 2. The quantitative estimate of drug-likeness (QED) is 0.472. The molecule has 1 unspecified atom stereocenters. The average Bonchev–Trinajstić information content (AvgIpc) is 1.65. The Hall–Kier alpha value is 0.210. The van der Waals surface area contributed by atoms with Crippen LogP contribution < -0.4 is 5.73 Å². The standard InChI is InChI=1S/C3H8ClNO/c4-1-3(6)2-5/h3,6H,1-2,5H2. The SMILES string of the molecule is NCC(O)CCl. The fraction of sp³-hybridized carbons (Fsp3) is 1.00. The van der Waals surface area contributed by atoms with Crippen molar-refractivity contribution in [3.8, 4) is 0 Å². The fourth-order valence-electron chi connectivity index (χ4n) is 0.0630. The summed E-state index contributed by atoms with van der Waals surface area (Å²) < 4.78 is 0. The maximum atomic E-state index is 8.41. The summed E-state index contributed by atoms with van der Waals surface area (Å²) in [6.07, 6.45) is -0.522. The highest BCUT2D eigenvalue weighted by atomic mass is 35.5. The summed E-state index contributed by atoms with van der Waals surface area (Å²) in [4.78, 5) is 0. The van der Waals surface area contributed by atoms with Crippen molar-refractivity contribution in [1.29, 1.82) is 0 Å². The van der Waals surface area contributed by atoms with E-state index in [0.29, 0.717) is 0 Å². The molecule has 0 heterocycles. The van der Waals surface area contributed by atoms with Gasteiger partial charge in [0.25, 0.3) is 0 Å². The Labute approximate surface area is 41.9 Å². The molecule has 0 aromatic carbocycles. The van der Waals surface area contributed by atoms with Gasteiger partial charge in [0.05, 0.1) is 6.10 Å². The van der Waals surface area contributed by atoms with Gasteiger partial charge >= 0.3 is 0 Å². The summed E-state index contributed by atoms with van der Waals surface area (Å²) in [5.41, 5.74) is 4.95. The van der Waals surface area contributed by atoms with Crippen LogP contribution in [0.4, 0.5) is 0 Å². The van der Waals surface area contributed by atoms with E-state index in [2.05, 4.69) is 0 Å². The van der Waals surface area contributed by atoms with E-state index in [1.54, 1.807) is 0 Å². The van der Waals surface area contributed by atoms with Crippen LogP contribution in [0.1, 0.15) is 0 Å². The number of hydrogen-bond donors (Lipinski definition) is 2. The zero-order valence-electron chi connectivity index (χ0n) is 3.39. The summed E-state index contributed by atoms with van der Waals surface area (Å²) in [7, 11) is 0. The monoisotopic (exact) mass is 109 g/mol.